The first-order valence-corrected chi connectivity index (χ1v) is 6.27. The van der Waals surface area contributed by atoms with Gasteiger partial charge in [-0.3, -0.25) is 4.79 Å². The van der Waals surface area contributed by atoms with E-state index in [4.69, 9.17) is 4.74 Å². The molecule has 0 aromatic carbocycles. The summed E-state index contributed by atoms with van der Waals surface area (Å²) in [6, 6.07) is 0.379. The fourth-order valence-corrected chi connectivity index (χ4v) is 1.77. The van der Waals surface area contributed by atoms with Crippen molar-refractivity contribution >= 4 is 21.8 Å². The van der Waals surface area contributed by atoms with Crippen LogP contribution in [0.15, 0.2) is 0 Å². The van der Waals surface area contributed by atoms with Gasteiger partial charge in [-0.15, -0.1) is 0 Å². The Hall–Kier alpha value is -0.0900. The highest BCUT2D eigenvalue weighted by atomic mass is 79.9. The van der Waals surface area contributed by atoms with Crippen LogP contribution in [0.5, 0.6) is 0 Å². The number of carbonyl (C=O) groups is 1. The van der Waals surface area contributed by atoms with Gasteiger partial charge in [0.15, 0.2) is 0 Å². The predicted octanol–water partition coefficient (Wildman–Crippen LogP) is 2.04. The molecule has 1 aliphatic rings. The molecule has 1 heterocycles. The summed E-state index contributed by atoms with van der Waals surface area (Å²) in [6.07, 6.45) is 1.94. The zero-order valence-electron chi connectivity index (χ0n) is 9.25. The van der Waals surface area contributed by atoms with Gasteiger partial charge in [-0.1, -0.05) is 29.8 Å². The molecule has 0 aliphatic carbocycles. The van der Waals surface area contributed by atoms with Gasteiger partial charge in [-0.25, -0.2) is 0 Å². The van der Waals surface area contributed by atoms with Crippen molar-refractivity contribution in [3.8, 4) is 0 Å². The van der Waals surface area contributed by atoms with E-state index >= 15 is 0 Å². The van der Waals surface area contributed by atoms with Crippen LogP contribution in [0.4, 0.5) is 0 Å². The standard InChI is InChI=1S/C8H14BrNO2.C2H6/c1-10(8(11)6-9)7-2-4-12-5-3-7;1-2/h7H,2-6H2,1H3;1-2H3. The molecule has 84 valence electrons. The summed E-state index contributed by atoms with van der Waals surface area (Å²) in [5.74, 6) is 0.155. The van der Waals surface area contributed by atoms with E-state index in [1.165, 1.54) is 0 Å². The normalized spacial score (nSPS) is 16.9. The highest BCUT2D eigenvalue weighted by Crippen LogP contribution is 2.13. The van der Waals surface area contributed by atoms with Crippen LogP contribution >= 0.6 is 15.9 Å². The minimum absolute atomic E-state index is 0.155. The highest BCUT2D eigenvalue weighted by Gasteiger charge is 2.21. The predicted molar refractivity (Wildman–Crippen MR) is 61.8 cm³/mol. The van der Waals surface area contributed by atoms with Gasteiger partial charge in [-0.2, -0.15) is 0 Å². The molecule has 0 saturated carbocycles. The Morgan fingerprint density at radius 3 is 2.36 bits per heavy atom. The Morgan fingerprint density at radius 1 is 1.43 bits per heavy atom. The summed E-state index contributed by atoms with van der Waals surface area (Å²) in [5, 5.41) is 0.418. The van der Waals surface area contributed by atoms with Gasteiger partial charge in [0.2, 0.25) is 5.91 Å². The zero-order chi connectivity index (χ0) is 11.0. The molecule has 4 heteroatoms. The van der Waals surface area contributed by atoms with Crippen LogP contribution in [-0.2, 0) is 9.53 Å². The number of amides is 1. The molecule has 1 rings (SSSR count). The topological polar surface area (TPSA) is 29.5 Å². The number of carbonyl (C=O) groups excluding carboxylic acids is 1. The number of alkyl halides is 1. The molecule has 0 aromatic heterocycles. The van der Waals surface area contributed by atoms with Crippen molar-refractivity contribution in [2.45, 2.75) is 32.7 Å². The molecule has 0 N–H and O–H groups in total. The van der Waals surface area contributed by atoms with Crippen molar-refractivity contribution in [1.82, 2.24) is 4.90 Å². The Bertz CT molecular complexity index is 158. The first-order chi connectivity index (χ1) is 6.75. The van der Waals surface area contributed by atoms with Crippen LogP contribution in [0.1, 0.15) is 26.7 Å². The largest absolute Gasteiger partial charge is 0.381 e. The number of ether oxygens (including phenoxy) is 1. The van der Waals surface area contributed by atoms with E-state index in [0.717, 1.165) is 26.1 Å². The Morgan fingerprint density at radius 2 is 1.93 bits per heavy atom. The number of hydrogen-bond acceptors (Lipinski definition) is 2. The quantitative estimate of drug-likeness (QED) is 0.716. The summed E-state index contributed by atoms with van der Waals surface area (Å²) in [5.41, 5.74) is 0. The smallest absolute Gasteiger partial charge is 0.233 e. The molecule has 0 unspecified atom stereocenters. The Balaban J connectivity index is 0.000000791. The van der Waals surface area contributed by atoms with Crippen molar-refractivity contribution in [3.63, 3.8) is 0 Å². The van der Waals surface area contributed by atoms with E-state index in [-0.39, 0.29) is 5.91 Å². The highest BCUT2D eigenvalue weighted by molar-refractivity contribution is 9.09. The fourth-order valence-electron chi connectivity index (χ4n) is 1.37. The molecule has 1 fully saturated rings. The van der Waals surface area contributed by atoms with Crippen LogP contribution in [0.2, 0.25) is 0 Å². The van der Waals surface area contributed by atoms with Crippen LogP contribution in [0.25, 0.3) is 0 Å². The van der Waals surface area contributed by atoms with Crippen LogP contribution in [-0.4, -0.2) is 42.4 Å². The molecule has 3 nitrogen and oxygen atoms in total. The van der Waals surface area contributed by atoms with E-state index in [2.05, 4.69) is 15.9 Å². The lowest BCUT2D eigenvalue weighted by Gasteiger charge is -2.30. The number of rotatable bonds is 2. The number of halogens is 1. The molecule has 1 amide bonds. The fraction of sp³-hybridized carbons (Fsp3) is 0.900. The average Bonchev–Trinajstić information content (AvgIpc) is 2.31. The van der Waals surface area contributed by atoms with Crippen molar-refractivity contribution in [3.05, 3.63) is 0 Å². The van der Waals surface area contributed by atoms with Gasteiger partial charge in [0.25, 0.3) is 0 Å². The summed E-state index contributed by atoms with van der Waals surface area (Å²) in [7, 11) is 1.86. The summed E-state index contributed by atoms with van der Waals surface area (Å²) < 4.78 is 5.21. The molecule has 0 atom stereocenters. The summed E-state index contributed by atoms with van der Waals surface area (Å²) in [6.45, 7) is 5.56. The van der Waals surface area contributed by atoms with E-state index in [0.29, 0.717) is 11.4 Å². The van der Waals surface area contributed by atoms with Crippen LogP contribution < -0.4 is 0 Å². The molecule has 14 heavy (non-hydrogen) atoms. The number of hydrogen-bond donors (Lipinski definition) is 0. The molecule has 0 radical (unpaired) electrons. The van der Waals surface area contributed by atoms with Crippen molar-refractivity contribution in [2.24, 2.45) is 0 Å². The minimum atomic E-state index is 0.155. The maximum Gasteiger partial charge on any atom is 0.233 e. The Kier molecular flexibility index (Phi) is 8.18. The molecular weight excluding hydrogens is 246 g/mol. The van der Waals surface area contributed by atoms with E-state index in [1.807, 2.05) is 25.8 Å². The molecule has 0 aromatic rings. The summed E-state index contributed by atoms with van der Waals surface area (Å²) >= 11 is 3.16. The molecular formula is C10H20BrNO2. The zero-order valence-corrected chi connectivity index (χ0v) is 10.8. The van der Waals surface area contributed by atoms with Crippen molar-refractivity contribution < 1.29 is 9.53 Å². The van der Waals surface area contributed by atoms with Crippen molar-refractivity contribution in [2.75, 3.05) is 25.6 Å². The molecule has 1 saturated heterocycles. The first kappa shape index (κ1) is 13.9. The molecule has 0 bridgehead atoms. The SMILES string of the molecule is CC.CN(C(=O)CBr)C1CCOCC1. The van der Waals surface area contributed by atoms with Gasteiger partial charge in [0.05, 0.1) is 5.33 Å². The van der Waals surface area contributed by atoms with Gasteiger partial charge >= 0.3 is 0 Å². The molecule has 0 spiro atoms. The third kappa shape index (κ3) is 4.42. The lowest BCUT2D eigenvalue weighted by Crippen LogP contribution is -2.41. The number of nitrogens with zero attached hydrogens (tertiary/aromatic N) is 1. The van der Waals surface area contributed by atoms with E-state index in [1.54, 1.807) is 0 Å². The average molecular weight is 266 g/mol. The monoisotopic (exact) mass is 265 g/mol. The van der Waals surface area contributed by atoms with Crippen LogP contribution in [0.3, 0.4) is 0 Å². The molecule has 1 aliphatic heterocycles. The maximum absolute atomic E-state index is 11.2. The lowest BCUT2D eigenvalue weighted by atomic mass is 10.1. The Labute approximate surface area is 94.9 Å². The lowest BCUT2D eigenvalue weighted by molar-refractivity contribution is -0.130. The van der Waals surface area contributed by atoms with E-state index < -0.39 is 0 Å². The maximum atomic E-state index is 11.2. The van der Waals surface area contributed by atoms with E-state index in [9.17, 15) is 4.79 Å². The second-order valence-corrected chi connectivity index (χ2v) is 3.54. The minimum Gasteiger partial charge on any atom is -0.381 e. The van der Waals surface area contributed by atoms with Gasteiger partial charge in [0, 0.05) is 26.3 Å². The second kappa shape index (κ2) is 8.24. The third-order valence-corrected chi connectivity index (χ3v) is 2.73. The first-order valence-electron chi connectivity index (χ1n) is 5.15. The van der Waals surface area contributed by atoms with Gasteiger partial charge < -0.3 is 9.64 Å². The van der Waals surface area contributed by atoms with Gasteiger partial charge in [-0.05, 0) is 12.8 Å². The van der Waals surface area contributed by atoms with Gasteiger partial charge in [0.1, 0.15) is 0 Å². The summed E-state index contributed by atoms with van der Waals surface area (Å²) in [4.78, 5) is 13.1. The van der Waals surface area contributed by atoms with Crippen molar-refractivity contribution in [1.29, 1.82) is 0 Å². The third-order valence-electron chi connectivity index (χ3n) is 2.25. The second-order valence-electron chi connectivity index (χ2n) is 2.98. The van der Waals surface area contributed by atoms with Crippen LogP contribution in [0, 0.1) is 0 Å².